The van der Waals surface area contributed by atoms with Gasteiger partial charge in [0.1, 0.15) is 11.6 Å². The minimum atomic E-state index is 0.189. The van der Waals surface area contributed by atoms with Crippen LogP contribution in [0.2, 0.25) is 0 Å². The fourth-order valence-electron chi connectivity index (χ4n) is 4.01. The smallest absolute Gasteiger partial charge is 0.254 e. The summed E-state index contributed by atoms with van der Waals surface area (Å²) in [5.74, 6) is 2.95. The molecule has 0 bridgehead atoms. The van der Waals surface area contributed by atoms with E-state index in [9.17, 15) is 4.79 Å². The molecule has 134 valence electrons. The second-order valence-corrected chi connectivity index (χ2v) is 8.15. The van der Waals surface area contributed by atoms with Gasteiger partial charge < -0.3 is 9.47 Å². The molecule has 0 radical (unpaired) electrons. The molecule has 0 aliphatic carbocycles. The van der Waals surface area contributed by atoms with Gasteiger partial charge in [0, 0.05) is 42.2 Å². The third kappa shape index (κ3) is 3.36. The number of piperidine rings is 1. The maximum Gasteiger partial charge on any atom is 0.254 e. The van der Waals surface area contributed by atoms with Crippen LogP contribution in [0, 0.1) is 0 Å². The summed E-state index contributed by atoms with van der Waals surface area (Å²) in [6.07, 6.45) is 7.79. The summed E-state index contributed by atoms with van der Waals surface area (Å²) in [5, 5.41) is 11.0. The summed E-state index contributed by atoms with van der Waals surface area (Å²) in [4.78, 5) is 16.0. The number of likely N-dealkylation sites (tertiary alicyclic amines) is 1. The molecule has 1 fully saturated rings. The SMILES string of the molecule is CCc1cc(C(=O)N2CCC(c3nnc4n3CCCCC4)CC2)cs1. The van der Waals surface area contributed by atoms with Gasteiger partial charge in [-0.25, -0.2) is 0 Å². The first kappa shape index (κ1) is 16.8. The Morgan fingerprint density at radius 3 is 2.80 bits per heavy atom. The van der Waals surface area contributed by atoms with Crippen molar-refractivity contribution in [3.63, 3.8) is 0 Å². The van der Waals surface area contributed by atoms with Crippen molar-refractivity contribution >= 4 is 17.2 Å². The molecular formula is C19H26N4OS. The molecule has 2 aromatic heterocycles. The quantitative estimate of drug-likeness (QED) is 0.841. The summed E-state index contributed by atoms with van der Waals surface area (Å²) in [5.41, 5.74) is 0.858. The molecule has 1 saturated heterocycles. The van der Waals surface area contributed by atoms with Crippen molar-refractivity contribution in [3.8, 4) is 0 Å². The fraction of sp³-hybridized carbons (Fsp3) is 0.632. The third-order valence-electron chi connectivity index (χ3n) is 5.53. The standard InChI is InChI=1S/C19H26N4OS/c1-2-16-12-15(13-25-16)19(24)22-10-7-14(8-11-22)18-21-20-17-6-4-3-5-9-23(17)18/h12-14H,2-11H2,1H3. The zero-order chi connectivity index (χ0) is 17.2. The number of rotatable bonds is 3. The number of thiophene rings is 1. The normalized spacial score (nSPS) is 18.8. The molecule has 0 atom stereocenters. The third-order valence-corrected chi connectivity index (χ3v) is 6.62. The Morgan fingerprint density at radius 2 is 2.04 bits per heavy atom. The van der Waals surface area contributed by atoms with Crippen LogP contribution in [0.25, 0.3) is 0 Å². The monoisotopic (exact) mass is 358 g/mol. The van der Waals surface area contributed by atoms with Crippen molar-refractivity contribution in [1.82, 2.24) is 19.7 Å². The molecule has 6 heteroatoms. The van der Waals surface area contributed by atoms with Crippen LogP contribution in [-0.2, 0) is 19.4 Å². The highest BCUT2D eigenvalue weighted by Gasteiger charge is 2.29. The van der Waals surface area contributed by atoms with Crippen molar-refractivity contribution in [3.05, 3.63) is 33.5 Å². The summed E-state index contributed by atoms with van der Waals surface area (Å²) in [6, 6.07) is 2.05. The highest BCUT2D eigenvalue weighted by molar-refractivity contribution is 7.10. The molecule has 0 N–H and O–H groups in total. The fourth-order valence-corrected chi connectivity index (χ4v) is 4.82. The van der Waals surface area contributed by atoms with Crippen molar-refractivity contribution in [2.24, 2.45) is 0 Å². The predicted octanol–water partition coefficient (Wildman–Crippen LogP) is 3.65. The van der Waals surface area contributed by atoms with E-state index in [4.69, 9.17) is 0 Å². The summed E-state index contributed by atoms with van der Waals surface area (Å²) < 4.78 is 2.36. The van der Waals surface area contributed by atoms with Gasteiger partial charge in [-0.2, -0.15) is 0 Å². The first-order valence-electron chi connectivity index (χ1n) is 9.55. The van der Waals surface area contributed by atoms with Gasteiger partial charge in [-0.05, 0) is 38.2 Å². The lowest BCUT2D eigenvalue weighted by Gasteiger charge is -2.31. The number of aromatic nitrogens is 3. The van der Waals surface area contributed by atoms with Gasteiger partial charge in [-0.1, -0.05) is 13.3 Å². The van der Waals surface area contributed by atoms with E-state index >= 15 is 0 Å². The van der Waals surface area contributed by atoms with Crippen LogP contribution in [-0.4, -0.2) is 38.7 Å². The molecular weight excluding hydrogens is 332 g/mol. The average Bonchev–Trinajstić information content (AvgIpc) is 3.23. The second-order valence-electron chi connectivity index (χ2n) is 7.16. The molecule has 0 spiro atoms. The largest absolute Gasteiger partial charge is 0.339 e. The van der Waals surface area contributed by atoms with Crippen molar-refractivity contribution in [1.29, 1.82) is 0 Å². The van der Waals surface area contributed by atoms with Crippen molar-refractivity contribution in [2.45, 2.75) is 64.3 Å². The molecule has 4 heterocycles. The number of aryl methyl sites for hydroxylation is 2. The molecule has 0 saturated carbocycles. The van der Waals surface area contributed by atoms with Gasteiger partial charge in [-0.15, -0.1) is 21.5 Å². The van der Waals surface area contributed by atoms with Crippen LogP contribution < -0.4 is 0 Å². The van der Waals surface area contributed by atoms with Crippen molar-refractivity contribution < 1.29 is 4.79 Å². The topological polar surface area (TPSA) is 51.0 Å². The molecule has 1 amide bonds. The van der Waals surface area contributed by atoms with Crippen LogP contribution >= 0.6 is 11.3 Å². The molecule has 2 aromatic rings. The highest BCUT2D eigenvalue weighted by Crippen LogP contribution is 2.30. The first-order valence-corrected chi connectivity index (χ1v) is 10.4. The summed E-state index contributed by atoms with van der Waals surface area (Å²) in [7, 11) is 0. The van der Waals surface area contributed by atoms with Gasteiger partial charge in [0.05, 0.1) is 5.56 Å². The maximum atomic E-state index is 12.7. The van der Waals surface area contributed by atoms with Gasteiger partial charge >= 0.3 is 0 Å². The number of hydrogen-bond donors (Lipinski definition) is 0. The number of amides is 1. The molecule has 0 unspecified atom stereocenters. The molecule has 0 aromatic carbocycles. The molecule has 5 nitrogen and oxygen atoms in total. The van der Waals surface area contributed by atoms with Crippen LogP contribution in [0.5, 0.6) is 0 Å². The van der Waals surface area contributed by atoms with Crippen molar-refractivity contribution in [2.75, 3.05) is 13.1 Å². The average molecular weight is 359 g/mol. The summed E-state index contributed by atoms with van der Waals surface area (Å²) in [6.45, 7) is 4.84. The Balaban J connectivity index is 1.41. The lowest BCUT2D eigenvalue weighted by atomic mass is 9.95. The Morgan fingerprint density at radius 1 is 1.20 bits per heavy atom. The van der Waals surface area contributed by atoms with E-state index in [0.29, 0.717) is 5.92 Å². The Kier molecular flexibility index (Phi) is 4.88. The zero-order valence-electron chi connectivity index (χ0n) is 14.9. The Bertz CT molecular complexity index is 742. The van der Waals surface area contributed by atoms with E-state index in [2.05, 4.69) is 27.8 Å². The molecule has 2 aliphatic heterocycles. The molecule has 2 aliphatic rings. The van der Waals surface area contributed by atoms with Crippen LogP contribution in [0.15, 0.2) is 11.4 Å². The van der Waals surface area contributed by atoms with E-state index in [1.807, 2.05) is 10.3 Å². The maximum absolute atomic E-state index is 12.7. The van der Waals surface area contributed by atoms with Gasteiger partial charge in [0.2, 0.25) is 0 Å². The van der Waals surface area contributed by atoms with E-state index in [1.165, 1.54) is 24.1 Å². The van der Waals surface area contributed by atoms with E-state index in [0.717, 1.165) is 62.5 Å². The van der Waals surface area contributed by atoms with E-state index in [-0.39, 0.29) is 5.91 Å². The molecule has 4 rings (SSSR count). The van der Waals surface area contributed by atoms with E-state index < -0.39 is 0 Å². The number of carbonyl (C=O) groups excluding carboxylic acids is 1. The Labute approximate surface area is 153 Å². The predicted molar refractivity (Wildman–Crippen MR) is 99.2 cm³/mol. The summed E-state index contributed by atoms with van der Waals surface area (Å²) >= 11 is 1.69. The minimum absolute atomic E-state index is 0.189. The Hall–Kier alpha value is -1.69. The van der Waals surface area contributed by atoms with Crippen LogP contribution in [0.4, 0.5) is 0 Å². The van der Waals surface area contributed by atoms with E-state index in [1.54, 1.807) is 11.3 Å². The lowest BCUT2D eigenvalue weighted by molar-refractivity contribution is 0.0710. The number of nitrogens with zero attached hydrogens (tertiary/aromatic N) is 4. The van der Waals surface area contributed by atoms with Crippen LogP contribution in [0.1, 0.15) is 71.8 Å². The number of fused-ring (bicyclic) bond motifs is 1. The molecule has 25 heavy (non-hydrogen) atoms. The zero-order valence-corrected chi connectivity index (χ0v) is 15.7. The number of hydrogen-bond acceptors (Lipinski definition) is 4. The second kappa shape index (κ2) is 7.28. The number of carbonyl (C=O) groups is 1. The highest BCUT2D eigenvalue weighted by atomic mass is 32.1. The lowest BCUT2D eigenvalue weighted by Crippen LogP contribution is -2.38. The minimum Gasteiger partial charge on any atom is -0.339 e. The van der Waals surface area contributed by atoms with Crippen LogP contribution in [0.3, 0.4) is 0 Å². The van der Waals surface area contributed by atoms with Gasteiger partial charge in [0.15, 0.2) is 0 Å². The first-order chi connectivity index (χ1) is 12.3. The van der Waals surface area contributed by atoms with Gasteiger partial charge in [-0.3, -0.25) is 4.79 Å². The van der Waals surface area contributed by atoms with Gasteiger partial charge in [0.25, 0.3) is 5.91 Å².